The number of halogens is 1. The Kier molecular flexibility index (Phi) is 4.05. The Balaban J connectivity index is 0.00000120. The molecular weight excluding hydrogens is 242 g/mol. The highest BCUT2D eigenvalue weighted by molar-refractivity contribution is 5.85. The third-order valence-electron chi connectivity index (χ3n) is 3.72. The van der Waals surface area contributed by atoms with Crippen LogP contribution in [0.25, 0.3) is 0 Å². The van der Waals surface area contributed by atoms with Gasteiger partial charge in [0.05, 0.1) is 0 Å². The highest BCUT2D eigenvalue weighted by Crippen LogP contribution is 2.35. The maximum Gasteiger partial charge on any atom is 0.0244 e. The molecule has 18 heavy (non-hydrogen) atoms. The summed E-state index contributed by atoms with van der Waals surface area (Å²) in [6.45, 7) is 0. The average molecular weight is 260 g/mol. The Hall–Kier alpha value is -1.31. The van der Waals surface area contributed by atoms with Crippen molar-refractivity contribution in [3.8, 4) is 0 Å². The maximum absolute atomic E-state index is 6.33. The summed E-state index contributed by atoms with van der Waals surface area (Å²) < 4.78 is 0. The zero-order valence-corrected chi connectivity index (χ0v) is 11.1. The third kappa shape index (κ3) is 2.29. The zero-order chi connectivity index (χ0) is 11.7. The van der Waals surface area contributed by atoms with Gasteiger partial charge in [-0.15, -0.1) is 12.4 Å². The molecule has 1 aliphatic carbocycles. The molecule has 2 heteroatoms. The summed E-state index contributed by atoms with van der Waals surface area (Å²) in [5.41, 5.74) is 10.5. The first-order valence-corrected chi connectivity index (χ1v) is 6.24. The molecule has 0 spiro atoms. The van der Waals surface area contributed by atoms with Gasteiger partial charge < -0.3 is 5.73 Å². The molecule has 0 saturated carbocycles. The predicted octanol–water partition coefficient (Wildman–Crippen LogP) is 3.51. The highest BCUT2D eigenvalue weighted by atomic mass is 35.5. The van der Waals surface area contributed by atoms with E-state index in [0.717, 1.165) is 12.8 Å². The minimum atomic E-state index is 0. The molecule has 1 nitrogen and oxygen atoms in total. The number of hydrogen-bond donors (Lipinski definition) is 1. The highest BCUT2D eigenvalue weighted by Gasteiger charge is 2.27. The number of benzene rings is 2. The molecule has 0 bridgehead atoms. The van der Waals surface area contributed by atoms with Crippen LogP contribution in [0, 0.1) is 0 Å². The van der Waals surface area contributed by atoms with E-state index in [-0.39, 0.29) is 18.4 Å². The van der Waals surface area contributed by atoms with Crippen LogP contribution in [0.5, 0.6) is 0 Å². The summed E-state index contributed by atoms with van der Waals surface area (Å²) in [6, 6.07) is 19.6. The fourth-order valence-electron chi connectivity index (χ4n) is 2.87. The van der Waals surface area contributed by atoms with Gasteiger partial charge in [-0.05, 0) is 29.5 Å². The van der Waals surface area contributed by atoms with E-state index >= 15 is 0 Å². The SMILES string of the molecule is Cl.NC1CCc2ccccc2C1c1ccccc1. The van der Waals surface area contributed by atoms with E-state index < -0.39 is 0 Å². The molecular formula is C16H18ClN. The van der Waals surface area contributed by atoms with Crippen LogP contribution in [0.2, 0.25) is 0 Å². The second kappa shape index (κ2) is 5.55. The van der Waals surface area contributed by atoms with Gasteiger partial charge in [-0.2, -0.15) is 0 Å². The second-order valence-corrected chi connectivity index (χ2v) is 4.79. The summed E-state index contributed by atoms with van der Waals surface area (Å²) >= 11 is 0. The number of nitrogens with two attached hydrogens (primary N) is 1. The van der Waals surface area contributed by atoms with Gasteiger partial charge >= 0.3 is 0 Å². The van der Waals surface area contributed by atoms with E-state index in [4.69, 9.17) is 5.73 Å². The van der Waals surface area contributed by atoms with Crippen LogP contribution in [0.15, 0.2) is 54.6 Å². The van der Waals surface area contributed by atoms with E-state index in [9.17, 15) is 0 Å². The Morgan fingerprint density at radius 3 is 2.33 bits per heavy atom. The molecule has 0 saturated heterocycles. The number of hydrogen-bond acceptors (Lipinski definition) is 1. The van der Waals surface area contributed by atoms with Crippen LogP contribution < -0.4 is 5.73 Å². The molecule has 0 heterocycles. The Morgan fingerprint density at radius 2 is 1.56 bits per heavy atom. The van der Waals surface area contributed by atoms with Gasteiger partial charge in [0.2, 0.25) is 0 Å². The van der Waals surface area contributed by atoms with E-state index in [1.54, 1.807) is 0 Å². The first-order valence-electron chi connectivity index (χ1n) is 6.24. The van der Waals surface area contributed by atoms with Crippen molar-refractivity contribution in [2.24, 2.45) is 5.73 Å². The fraction of sp³-hybridized carbons (Fsp3) is 0.250. The lowest BCUT2D eigenvalue weighted by Gasteiger charge is -2.31. The van der Waals surface area contributed by atoms with E-state index in [1.807, 2.05) is 0 Å². The molecule has 0 amide bonds. The second-order valence-electron chi connectivity index (χ2n) is 4.79. The normalized spacial score (nSPS) is 21.8. The van der Waals surface area contributed by atoms with Crippen molar-refractivity contribution in [3.63, 3.8) is 0 Å². The first-order chi connectivity index (χ1) is 8.36. The number of aryl methyl sites for hydroxylation is 1. The van der Waals surface area contributed by atoms with Crippen molar-refractivity contribution < 1.29 is 0 Å². The van der Waals surface area contributed by atoms with Crippen molar-refractivity contribution in [3.05, 3.63) is 71.3 Å². The van der Waals surface area contributed by atoms with Crippen molar-refractivity contribution in [2.45, 2.75) is 24.8 Å². The molecule has 1 aliphatic rings. The molecule has 2 aromatic rings. The molecule has 94 valence electrons. The molecule has 0 radical (unpaired) electrons. The van der Waals surface area contributed by atoms with Crippen LogP contribution in [-0.4, -0.2) is 6.04 Å². The molecule has 2 N–H and O–H groups in total. The standard InChI is InChI=1S/C16H17N.ClH/c17-15-11-10-12-6-4-5-9-14(12)16(15)13-7-2-1-3-8-13;/h1-9,15-16H,10-11,17H2;1H. The molecule has 0 fully saturated rings. The molecule has 2 aromatic carbocycles. The lowest BCUT2D eigenvalue weighted by Crippen LogP contribution is -2.33. The first kappa shape index (κ1) is 13.1. The fourth-order valence-corrected chi connectivity index (χ4v) is 2.87. The summed E-state index contributed by atoms with van der Waals surface area (Å²) in [4.78, 5) is 0. The van der Waals surface area contributed by atoms with E-state index in [0.29, 0.717) is 5.92 Å². The van der Waals surface area contributed by atoms with Crippen LogP contribution in [0.1, 0.15) is 29.0 Å². The average Bonchev–Trinajstić information content (AvgIpc) is 2.39. The van der Waals surface area contributed by atoms with Crippen molar-refractivity contribution in [2.75, 3.05) is 0 Å². The van der Waals surface area contributed by atoms with Gasteiger partial charge in [-0.1, -0.05) is 54.6 Å². The van der Waals surface area contributed by atoms with E-state index in [2.05, 4.69) is 54.6 Å². The summed E-state index contributed by atoms with van der Waals surface area (Å²) in [7, 11) is 0. The van der Waals surface area contributed by atoms with Crippen LogP contribution in [0.3, 0.4) is 0 Å². The van der Waals surface area contributed by atoms with Crippen molar-refractivity contribution >= 4 is 12.4 Å². The van der Waals surface area contributed by atoms with Crippen molar-refractivity contribution in [1.29, 1.82) is 0 Å². The van der Waals surface area contributed by atoms with Crippen LogP contribution in [-0.2, 0) is 6.42 Å². The Morgan fingerprint density at radius 1 is 0.889 bits per heavy atom. The monoisotopic (exact) mass is 259 g/mol. The van der Waals surface area contributed by atoms with Gasteiger partial charge in [-0.25, -0.2) is 0 Å². The minimum absolute atomic E-state index is 0. The van der Waals surface area contributed by atoms with Crippen LogP contribution >= 0.6 is 12.4 Å². The summed E-state index contributed by atoms with van der Waals surface area (Å²) in [5, 5.41) is 0. The van der Waals surface area contributed by atoms with Gasteiger partial charge in [0, 0.05) is 12.0 Å². The van der Waals surface area contributed by atoms with Gasteiger partial charge in [0.25, 0.3) is 0 Å². The quantitative estimate of drug-likeness (QED) is 0.833. The van der Waals surface area contributed by atoms with Gasteiger partial charge in [0.15, 0.2) is 0 Å². The molecule has 2 atom stereocenters. The van der Waals surface area contributed by atoms with Gasteiger partial charge in [0.1, 0.15) is 0 Å². The Bertz CT molecular complexity index is 510. The molecule has 0 aromatic heterocycles. The lowest BCUT2D eigenvalue weighted by molar-refractivity contribution is 0.518. The summed E-state index contributed by atoms with van der Waals surface area (Å²) in [5.74, 6) is 0.362. The van der Waals surface area contributed by atoms with E-state index in [1.165, 1.54) is 16.7 Å². The molecule has 3 rings (SSSR count). The van der Waals surface area contributed by atoms with Gasteiger partial charge in [-0.3, -0.25) is 0 Å². The third-order valence-corrected chi connectivity index (χ3v) is 3.72. The molecule has 2 unspecified atom stereocenters. The molecule has 0 aliphatic heterocycles. The number of fused-ring (bicyclic) bond motifs is 1. The number of rotatable bonds is 1. The Labute approximate surface area is 114 Å². The lowest BCUT2D eigenvalue weighted by atomic mass is 9.76. The van der Waals surface area contributed by atoms with Crippen LogP contribution in [0.4, 0.5) is 0 Å². The maximum atomic E-state index is 6.33. The largest absolute Gasteiger partial charge is 0.327 e. The predicted molar refractivity (Wildman–Crippen MR) is 78.3 cm³/mol. The zero-order valence-electron chi connectivity index (χ0n) is 10.3. The topological polar surface area (TPSA) is 26.0 Å². The summed E-state index contributed by atoms with van der Waals surface area (Å²) in [6.07, 6.45) is 2.19. The smallest absolute Gasteiger partial charge is 0.0244 e. The van der Waals surface area contributed by atoms with Crippen molar-refractivity contribution in [1.82, 2.24) is 0 Å². The minimum Gasteiger partial charge on any atom is -0.327 e.